The first kappa shape index (κ1) is 26.7. The molecule has 1 fully saturated rings. The SMILES string of the molecule is COc1[c]ccc(C2CCN(CCc3ccc(F)cc3)CC2)c1O[Si](C(C)C)(C(C)C)C(C)C. The second kappa shape index (κ2) is 11.7. The quantitative estimate of drug-likeness (QED) is 0.324. The van der Waals surface area contributed by atoms with E-state index in [1.165, 1.54) is 11.1 Å². The minimum atomic E-state index is -2.12. The summed E-state index contributed by atoms with van der Waals surface area (Å²) in [6.07, 6.45) is 3.16. The van der Waals surface area contributed by atoms with E-state index in [1.807, 2.05) is 18.2 Å². The second-order valence-electron chi connectivity index (χ2n) is 10.7. The van der Waals surface area contributed by atoms with Crippen molar-refractivity contribution in [2.45, 2.75) is 83.3 Å². The van der Waals surface area contributed by atoms with Crippen LogP contribution in [0, 0.1) is 11.9 Å². The van der Waals surface area contributed by atoms with Crippen LogP contribution >= 0.6 is 0 Å². The Morgan fingerprint density at radius 3 is 2.09 bits per heavy atom. The first-order chi connectivity index (χ1) is 16.2. The molecule has 1 aliphatic rings. The maximum atomic E-state index is 13.2. The highest BCUT2D eigenvalue weighted by atomic mass is 28.4. The molecule has 1 heterocycles. The fourth-order valence-corrected chi connectivity index (χ4v) is 11.3. The molecule has 0 saturated carbocycles. The predicted molar refractivity (Wildman–Crippen MR) is 142 cm³/mol. The molecule has 0 bridgehead atoms. The van der Waals surface area contributed by atoms with Crippen molar-refractivity contribution in [3.63, 3.8) is 0 Å². The summed E-state index contributed by atoms with van der Waals surface area (Å²) >= 11 is 0. The molecule has 34 heavy (non-hydrogen) atoms. The monoisotopic (exact) mass is 484 g/mol. The molecule has 1 saturated heterocycles. The van der Waals surface area contributed by atoms with E-state index < -0.39 is 8.32 Å². The van der Waals surface area contributed by atoms with Crippen molar-refractivity contribution in [2.75, 3.05) is 26.7 Å². The van der Waals surface area contributed by atoms with Crippen LogP contribution in [0.15, 0.2) is 36.4 Å². The molecule has 187 valence electrons. The molecule has 3 nitrogen and oxygen atoms in total. The van der Waals surface area contributed by atoms with E-state index in [-0.39, 0.29) is 5.82 Å². The number of piperidine rings is 1. The number of ether oxygens (including phenoxy) is 1. The third kappa shape index (κ3) is 5.85. The molecule has 0 unspecified atom stereocenters. The number of nitrogens with zero attached hydrogens (tertiary/aromatic N) is 1. The number of halogens is 1. The van der Waals surface area contributed by atoms with Gasteiger partial charge in [0.1, 0.15) is 5.82 Å². The molecule has 0 aromatic heterocycles. The number of rotatable bonds is 10. The summed E-state index contributed by atoms with van der Waals surface area (Å²) in [5.41, 5.74) is 3.98. The highest BCUT2D eigenvalue weighted by molar-refractivity contribution is 6.78. The van der Waals surface area contributed by atoms with Gasteiger partial charge in [-0.2, -0.15) is 0 Å². The van der Waals surface area contributed by atoms with Gasteiger partial charge in [0.25, 0.3) is 8.32 Å². The number of benzene rings is 2. The normalized spacial score (nSPS) is 16.0. The molecule has 2 aromatic rings. The summed E-state index contributed by atoms with van der Waals surface area (Å²) in [6.45, 7) is 17.1. The van der Waals surface area contributed by atoms with Crippen LogP contribution < -0.4 is 9.16 Å². The molecule has 2 aromatic carbocycles. The molecule has 0 atom stereocenters. The van der Waals surface area contributed by atoms with Crippen molar-refractivity contribution in [3.05, 3.63) is 59.4 Å². The largest absolute Gasteiger partial charge is 0.540 e. The molecule has 0 aliphatic carbocycles. The summed E-state index contributed by atoms with van der Waals surface area (Å²) in [5, 5.41) is 0. The number of likely N-dealkylation sites (tertiary alicyclic amines) is 1. The van der Waals surface area contributed by atoms with Gasteiger partial charge in [-0.25, -0.2) is 4.39 Å². The Balaban J connectivity index is 1.76. The molecule has 1 radical (unpaired) electrons. The van der Waals surface area contributed by atoms with Gasteiger partial charge in [0, 0.05) is 12.6 Å². The van der Waals surface area contributed by atoms with Crippen molar-refractivity contribution >= 4 is 8.32 Å². The summed E-state index contributed by atoms with van der Waals surface area (Å²) in [7, 11) is -0.390. The van der Waals surface area contributed by atoms with E-state index in [2.05, 4.69) is 58.6 Å². The minimum absolute atomic E-state index is 0.169. The third-order valence-electron chi connectivity index (χ3n) is 7.79. The van der Waals surface area contributed by atoms with Crippen molar-refractivity contribution in [3.8, 4) is 11.5 Å². The zero-order valence-corrected chi connectivity index (χ0v) is 23.2. The van der Waals surface area contributed by atoms with Crippen LogP contribution in [0.3, 0.4) is 0 Å². The van der Waals surface area contributed by atoms with Crippen LogP contribution in [0.5, 0.6) is 11.5 Å². The summed E-state index contributed by atoms with van der Waals surface area (Å²) in [6, 6.07) is 14.4. The van der Waals surface area contributed by atoms with Gasteiger partial charge in [0.2, 0.25) is 0 Å². The first-order valence-corrected chi connectivity index (χ1v) is 15.1. The minimum Gasteiger partial charge on any atom is -0.540 e. The van der Waals surface area contributed by atoms with E-state index in [0.717, 1.165) is 50.4 Å². The van der Waals surface area contributed by atoms with Gasteiger partial charge in [0.15, 0.2) is 11.5 Å². The zero-order valence-electron chi connectivity index (χ0n) is 22.2. The average molecular weight is 485 g/mol. The predicted octanol–water partition coefficient (Wildman–Crippen LogP) is 7.61. The van der Waals surface area contributed by atoms with E-state index in [0.29, 0.717) is 22.5 Å². The van der Waals surface area contributed by atoms with Gasteiger partial charge >= 0.3 is 0 Å². The van der Waals surface area contributed by atoms with Gasteiger partial charge < -0.3 is 14.1 Å². The zero-order chi connectivity index (χ0) is 24.9. The van der Waals surface area contributed by atoms with Gasteiger partial charge in [0.05, 0.1) is 7.11 Å². The Kier molecular flexibility index (Phi) is 9.22. The summed E-state index contributed by atoms with van der Waals surface area (Å²) in [5.74, 6) is 1.98. The highest BCUT2D eigenvalue weighted by Gasteiger charge is 2.48. The number of methoxy groups -OCH3 is 1. The Morgan fingerprint density at radius 2 is 1.56 bits per heavy atom. The fourth-order valence-electron chi connectivity index (χ4n) is 5.99. The topological polar surface area (TPSA) is 21.7 Å². The third-order valence-corrected chi connectivity index (χ3v) is 13.8. The maximum Gasteiger partial charge on any atom is 0.258 e. The molecular weight excluding hydrogens is 441 g/mol. The second-order valence-corrected chi connectivity index (χ2v) is 16.1. The average Bonchev–Trinajstić information content (AvgIpc) is 2.81. The summed E-state index contributed by atoms with van der Waals surface area (Å²) in [4.78, 5) is 2.53. The Bertz CT molecular complexity index is 883. The lowest BCUT2D eigenvalue weighted by atomic mass is 9.88. The maximum absolute atomic E-state index is 13.2. The van der Waals surface area contributed by atoms with Gasteiger partial charge in [-0.15, -0.1) is 0 Å². The van der Waals surface area contributed by atoms with Crippen LogP contribution in [0.4, 0.5) is 4.39 Å². The number of hydrogen-bond donors (Lipinski definition) is 0. The molecule has 0 spiro atoms. The van der Waals surface area contributed by atoms with E-state index in [4.69, 9.17) is 9.16 Å². The van der Waals surface area contributed by atoms with Gasteiger partial charge in [-0.05, 0) is 84.2 Å². The molecule has 0 amide bonds. The van der Waals surface area contributed by atoms with E-state index in [9.17, 15) is 4.39 Å². The van der Waals surface area contributed by atoms with Crippen LogP contribution in [-0.4, -0.2) is 40.0 Å². The smallest absolute Gasteiger partial charge is 0.258 e. The Hall–Kier alpha value is -1.85. The lowest BCUT2D eigenvalue weighted by Crippen LogP contribution is -2.51. The van der Waals surface area contributed by atoms with Crippen molar-refractivity contribution in [1.29, 1.82) is 0 Å². The number of hydrogen-bond acceptors (Lipinski definition) is 3. The molecule has 0 N–H and O–H groups in total. The molecule has 5 heteroatoms. The van der Waals surface area contributed by atoms with Crippen LogP contribution in [0.1, 0.15) is 71.4 Å². The van der Waals surface area contributed by atoms with Crippen LogP contribution in [-0.2, 0) is 6.42 Å². The lowest BCUT2D eigenvalue weighted by Gasteiger charge is -2.43. The standard InChI is InChI=1S/C29H43FNO2Si/c1-21(2)34(22(3)4,23(5)6)33-29-27(9-8-10-28(29)32-7)25-16-19-31(20-17-25)18-15-24-11-13-26(30)14-12-24/h8-9,11-14,21-23,25H,15-20H2,1-7H3. The van der Waals surface area contributed by atoms with Crippen molar-refractivity contribution in [1.82, 2.24) is 4.90 Å². The lowest BCUT2D eigenvalue weighted by molar-refractivity contribution is 0.213. The van der Waals surface area contributed by atoms with Crippen LogP contribution in [0.25, 0.3) is 0 Å². The Labute approximate surface area is 207 Å². The highest BCUT2D eigenvalue weighted by Crippen LogP contribution is 2.48. The summed E-state index contributed by atoms with van der Waals surface area (Å²) < 4.78 is 26.1. The molecular formula is C29H43FNO2Si. The van der Waals surface area contributed by atoms with Crippen molar-refractivity contribution in [2.24, 2.45) is 0 Å². The Morgan fingerprint density at radius 1 is 0.971 bits per heavy atom. The van der Waals surface area contributed by atoms with E-state index in [1.54, 1.807) is 19.2 Å². The molecule has 1 aliphatic heterocycles. The van der Waals surface area contributed by atoms with Crippen LogP contribution in [0.2, 0.25) is 16.6 Å². The van der Waals surface area contributed by atoms with E-state index >= 15 is 0 Å². The van der Waals surface area contributed by atoms with Gasteiger partial charge in [-0.3, -0.25) is 0 Å². The molecule has 3 rings (SSSR count). The van der Waals surface area contributed by atoms with Gasteiger partial charge in [-0.1, -0.05) is 59.7 Å². The fraction of sp³-hybridized carbons (Fsp3) is 0.586. The first-order valence-electron chi connectivity index (χ1n) is 12.9. The van der Waals surface area contributed by atoms with Crippen molar-refractivity contribution < 1.29 is 13.6 Å².